The standard InChI is InChI=1S/C34H34BrCl2N3O4S/c1-3-24(2)38-34(42)32(21-25-10-6-4-7-11-25)39(22-26-14-19-30(36)31(37)20-26)33(41)23-40(28-17-15-27(35)16-18-28)45(43,44)29-12-8-5-9-13-29/h4-20,24,32H,3,21-23H2,1-2H3,(H,38,42)/t24-,32-/m1/s1. The van der Waals surface area contributed by atoms with Crippen LogP contribution in [0.1, 0.15) is 31.4 Å². The Morgan fingerprint density at radius 3 is 2.07 bits per heavy atom. The number of anilines is 1. The molecule has 0 spiro atoms. The fourth-order valence-corrected chi connectivity index (χ4v) is 6.71. The van der Waals surface area contributed by atoms with Crippen molar-refractivity contribution in [2.45, 2.75) is 50.2 Å². The lowest BCUT2D eigenvalue weighted by Crippen LogP contribution is -2.54. The second-order valence-corrected chi connectivity index (χ2v) is 14.2. The molecule has 0 aliphatic rings. The molecule has 0 aliphatic carbocycles. The van der Waals surface area contributed by atoms with E-state index in [1.54, 1.807) is 60.7 Å². The van der Waals surface area contributed by atoms with E-state index >= 15 is 0 Å². The Kier molecular flexibility index (Phi) is 12.1. The van der Waals surface area contributed by atoms with Gasteiger partial charge in [0, 0.05) is 23.5 Å². The molecule has 45 heavy (non-hydrogen) atoms. The molecule has 0 unspecified atom stereocenters. The normalized spacial score (nSPS) is 12.6. The minimum Gasteiger partial charge on any atom is -0.352 e. The summed E-state index contributed by atoms with van der Waals surface area (Å²) < 4.78 is 29.9. The van der Waals surface area contributed by atoms with E-state index in [1.165, 1.54) is 17.0 Å². The Balaban J connectivity index is 1.81. The first-order valence-corrected chi connectivity index (χ1v) is 17.4. The smallest absolute Gasteiger partial charge is 0.264 e. The summed E-state index contributed by atoms with van der Waals surface area (Å²) in [7, 11) is -4.18. The highest BCUT2D eigenvalue weighted by atomic mass is 79.9. The van der Waals surface area contributed by atoms with Crippen molar-refractivity contribution in [1.82, 2.24) is 10.2 Å². The van der Waals surface area contributed by atoms with Gasteiger partial charge in [-0.1, -0.05) is 101 Å². The second kappa shape index (κ2) is 15.8. The van der Waals surface area contributed by atoms with Gasteiger partial charge >= 0.3 is 0 Å². The fraction of sp³-hybridized carbons (Fsp3) is 0.235. The highest BCUT2D eigenvalue weighted by molar-refractivity contribution is 9.10. The van der Waals surface area contributed by atoms with Crippen LogP contribution < -0.4 is 9.62 Å². The first kappa shape index (κ1) is 34.5. The van der Waals surface area contributed by atoms with Crippen LogP contribution in [-0.2, 0) is 32.6 Å². The van der Waals surface area contributed by atoms with Gasteiger partial charge in [0.1, 0.15) is 12.6 Å². The summed E-state index contributed by atoms with van der Waals surface area (Å²) in [6.45, 7) is 3.29. The van der Waals surface area contributed by atoms with Gasteiger partial charge in [-0.3, -0.25) is 13.9 Å². The van der Waals surface area contributed by atoms with Crippen molar-refractivity contribution >= 4 is 66.7 Å². The van der Waals surface area contributed by atoms with Gasteiger partial charge in [0.2, 0.25) is 11.8 Å². The third kappa shape index (κ3) is 9.10. The maximum absolute atomic E-state index is 14.5. The number of hydrogen-bond donors (Lipinski definition) is 1. The summed E-state index contributed by atoms with van der Waals surface area (Å²) in [6.07, 6.45) is 0.900. The Morgan fingerprint density at radius 1 is 0.844 bits per heavy atom. The van der Waals surface area contributed by atoms with Crippen LogP contribution in [-0.4, -0.2) is 43.8 Å². The van der Waals surface area contributed by atoms with Gasteiger partial charge in [0.05, 0.1) is 20.6 Å². The molecule has 2 amide bonds. The number of carbonyl (C=O) groups is 2. The average Bonchev–Trinajstić information content (AvgIpc) is 3.04. The SMILES string of the molecule is CC[C@@H](C)NC(=O)[C@@H](Cc1ccccc1)N(Cc1ccc(Cl)c(Cl)c1)C(=O)CN(c1ccc(Br)cc1)S(=O)(=O)c1ccccc1. The lowest BCUT2D eigenvalue weighted by atomic mass is 10.0. The topological polar surface area (TPSA) is 86.8 Å². The predicted octanol–water partition coefficient (Wildman–Crippen LogP) is 7.51. The van der Waals surface area contributed by atoms with E-state index in [4.69, 9.17) is 23.2 Å². The molecule has 4 aromatic rings. The van der Waals surface area contributed by atoms with Gasteiger partial charge < -0.3 is 10.2 Å². The largest absolute Gasteiger partial charge is 0.352 e. The quantitative estimate of drug-likeness (QED) is 0.154. The Morgan fingerprint density at radius 2 is 1.47 bits per heavy atom. The molecule has 7 nitrogen and oxygen atoms in total. The molecule has 0 bridgehead atoms. The number of hydrogen-bond acceptors (Lipinski definition) is 4. The Hall–Kier alpha value is -3.37. The molecular formula is C34H34BrCl2N3O4S. The Bertz CT molecular complexity index is 1710. The lowest BCUT2D eigenvalue weighted by molar-refractivity contribution is -0.140. The number of nitrogens with zero attached hydrogens (tertiary/aromatic N) is 2. The predicted molar refractivity (Wildman–Crippen MR) is 184 cm³/mol. The summed E-state index contributed by atoms with van der Waals surface area (Å²) in [5, 5.41) is 3.67. The molecule has 2 atom stereocenters. The lowest BCUT2D eigenvalue weighted by Gasteiger charge is -2.34. The van der Waals surface area contributed by atoms with Crippen molar-refractivity contribution in [3.05, 3.63) is 129 Å². The minimum atomic E-state index is -4.18. The summed E-state index contributed by atoms with van der Waals surface area (Å²) in [5.41, 5.74) is 1.78. The van der Waals surface area contributed by atoms with Crippen LogP contribution in [0.25, 0.3) is 0 Å². The van der Waals surface area contributed by atoms with E-state index in [0.717, 1.165) is 14.3 Å². The van der Waals surface area contributed by atoms with Crippen molar-refractivity contribution in [3.8, 4) is 0 Å². The summed E-state index contributed by atoms with van der Waals surface area (Å²) in [4.78, 5) is 29.8. The zero-order valence-electron chi connectivity index (χ0n) is 24.9. The average molecular weight is 732 g/mol. The molecule has 0 fully saturated rings. The van der Waals surface area contributed by atoms with Crippen molar-refractivity contribution in [2.75, 3.05) is 10.8 Å². The van der Waals surface area contributed by atoms with Gasteiger partial charge in [-0.05, 0) is 73.0 Å². The van der Waals surface area contributed by atoms with Crippen LogP contribution >= 0.6 is 39.1 Å². The van der Waals surface area contributed by atoms with Gasteiger partial charge in [0.25, 0.3) is 10.0 Å². The van der Waals surface area contributed by atoms with Crippen LogP contribution in [0.2, 0.25) is 10.0 Å². The van der Waals surface area contributed by atoms with E-state index in [-0.39, 0.29) is 29.8 Å². The van der Waals surface area contributed by atoms with Crippen molar-refractivity contribution in [1.29, 1.82) is 0 Å². The third-order valence-corrected chi connectivity index (χ3v) is 10.4. The molecular weight excluding hydrogens is 697 g/mol. The maximum atomic E-state index is 14.5. The number of rotatable bonds is 13. The zero-order chi connectivity index (χ0) is 32.6. The van der Waals surface area contributed by atoms with E-state index in [1.807, 2.05) is 44.2 Å². The number of halogens is 3. The molecule has 0 heterocycles. The number of amides is 2. The maximum Gasteiger partial charge on any atom is 0.264 e. The zero-order valence-corrected chi connectivity index (χ0v) is 28.8. The molecule has 11 heteroatoms. The number of nitrogens with one attached hydrogen (secondary N) is 1. The summed E-state index contributed by atoms with van der Waals surface area (Å²) in [5.74, 6) is -0.911. The van der Waals surface area contributed by atoms with Crippen molar-refractivity contribution in [2.24, 2.45) is 0 Å². The van der Waals surface area contributed by atoms with Crippen molar-refractivity contribution in [3.63, 3.8) is 0 Å². The van der Waals surface area contributed by atoms with Crippen LogP contribution in [0.3, 0.4) is 0 Å². The number of benzene rings is 4. The first-order chi connectivity index (χ1) is 21.5. The van der Waals surface area contributed by atoms with E-state index in [0.29, 0.717) is 27.7 Å². The molecule has 1 N–H and O–H groups in total. The fourth-order valence-electron chi connectivity index (χ4n) is 4.69. The van der Waals surface area contributed by atoms with E-state index < -0.39 is 28.5 Å². The first-order valence-electron chi connectivity index (χ1n) is 14.4. The van der Waals surface area contributed by atoms with Crippen molar-refractivity contribution < 1.29 is 18.0 Å². The summed E-state index contributed by atoms with van der Waals surface area (Å²) in [6, 6.07) is 27.9. The molecule has 4 rings (SSSR count). The minimum absolute atomic E-state index is 0.0132. The molecule has 236 valence electrons. The van der Waals surface area contributed by atoms with E-state index in [2.05, 4.69) is 21.2 Å². The number of sulfonamides is 1. The Labute approximate surface area is 283 Å². The second-order valence-electron chi connectivity index (χ2n) is 10.6. The van der Waals surface area contributed by atoms with Crippen LogP contribution in [0, 0.1) is 0 Å². The van der Waals surface area contributed by atoms with Crippen LogP contribution in [0.4, 0.5) is 5.69 Å². The molecule has 0 saturated heterocycles. The summed E-state index contributed by atoms with van der Waals surface area (Å²) >= 11 is 15.9. The monoisotopic (exact) mass is 729 g/mol. The van der Waals surface area contributed by atoms with Crippen LogP contribution in [0.5, 0.6) is 0 Å². The molecule has 0 aliphatic heterocycles. The molecule has 0 radical (unpaired) electrons. The van der Waals surface area contributed by atoms with Gasteiger partial charge in [-0.2, -0.15) is 0 Å². The van der Waals surface area contributed by atoms with Gasteiger partial charge in [0.15, 0.2) is 0 Å². The third-order valence-electron chi connectivity index (χ3n) is 7.33. The molecule has 0 aromatic heterocycles. The van der Waals surface area contributed by atoms with E-state index in [9.17, 15) is 18.0 Å². The van der Waals surface area contributed by atoms with Gasteiger partial charge in [-0.15, -0.1) is 0 Å². The highest BCUT2D eigenvalue weighted by Gasteiger charge is 2.35. The highest BCUT2D eigenvalue weighted by Crippen LogP contribution is 2.28. The molecule has 4 aromatic carbocycles. The molecule has 0 saturated carbocycles. The van der Waals surface area contributed by atoms with Crippen LogP contribution in [0.15, 0.2) is 112 Å². The van der Waals surface area contributed by atoms with Gasteiger partial charge in [-0.25, -0.2) is 8.42 Å². The number of carbonyl (C=O) groups excluding carboxylic acids is 2.